The van der Waals surface area contributed by atoms with Gasteiger partial charge in [0.1, 0.15) is 6.54 Å². The van der Waals surface area contributed by atoms with Crippen LogP contribution in [0.3, 0.4) is 0 Å². The van der Waals surface area contributed by atoms with E-state index in [0.717, 1.165) is 6.42 Å². The van der Waals surface area contributed by atoms with Gasteiger partial charge in [0.25, 0.3) is 0 Å². The molecule has 2 heterocycles. The lowest BCUT2D eigenvalue weighted by molar-refractivity contribution is -0.383. The van der Waals surface area contributed by atoms with Crippen molar-refractivity contribution in [3.05, 3.63) is 45.5 Å². The van der Waals surface area contributed by atoms with E-state index in [1.165, 1.54) is 17.0 Å². The minimum absolute atomic E-state index is 0.0636. The number of aromatic nitrogens is 2. The lowest BCUT2D eigenvalue weighted by Gasteiger charge is -2.23. The quantitative estimate of drug-likeness (QED) is 0.191. The first kappa shape index (κ1) is 17.0. The Labute approximate surface area is 216 Å². The molecule has 1 fully saturated rings. The van der Waals surface area contributed by atoms with Crippen LogP contribution in [0.2, 0.25) is 0 Å². The van der Waals surface area contributed by atoms with E-state index in [1.54, 1.807) is 19.1 Å². The molecule has 0 atom stereocenters. The Morgan fingerprint density at radius 3 is 2.54 bits per heavy atom. The summed E-state index contributed by atoms with van der Waals surface area (Å²) in [6, 6.07) is 5.88. The minimum atomic E-state index is -3.15. The van der Waals surface area contributed by atoms with Gasteiger partial charge in [0.2, 0.25) is 11.6 Å². The van der Waals surface area contributed by atoms with Gasteiger partial charge >= 0.3 is 17.7 Å². The molecule has 1 aliphatic heterocycles. The SMILES string of the molecule is [2H]C1([2H])N(Cc2ccc(CN(CC(=O)OCC)c3nc(OCCCC)nc(N)c3[N+](=O)[O-])cc2)C([2H])([2H])C([2H])([2H])C1([2H])[2H]. The molecule has 2 N–H and O–H groups in total. The van der Waals surface area contributed by atoms with Crippen molar-refractivity contribution >= 4 is 23.3 Å². The third-order valence-electron chi connectivity index (χ3n) is 4.89. The fraction of sp³-hybridized carbons (Fsp3) is 0.542. The average molecular weight is 495 g/mol. The molecule has 1 aromatic carbocycles. The number of unbranched alkanes of at least 4 members (excludes halogenated alkanes) is 1. The minimum Gasteiger partial charge on any atom is -0.465 e. The maximum Gasteiger partial charge on any atom is 0.353 e. The van der Waals surface area contributed by atoms with E-state index < -0.39 is 61.2 Å². The Morgan fingerprint density at radius 1 is 1.23 bits per heavy atom. The van der Waals surface area contributed by atoms with Gasteiger partial charge in [-0.1, -0.05) is 37.6 Å². The smallest absolute Gasteiger partial charge is 0.353 e. The number of anilines is 2. The number of rotatable bonds is 13. The Kier molecular flexibility index (Phi) is 6.25. The summed E-state index contributed by atoms with van der Waals surface area (Å²) < 4.78 is 75.1. The highest BCUT2D eigenvalue weighted by Gasteiger charge is 2.29. The molecule has 11 nitrogen and oxygen atoms in total. The maximum atomic E-state index is 12.5. The van der Waals surface area contributed by atoms with Crippen molar-refractivity contribution < 1.29 is 30.2 Å². The van der Waals surface area contributed by atoms with Crippen molar-refractivity contribution in [2.45, 2.75) is 52.5 Å². The first-order valence-electron chi connectivity index (χ1n) is 15.1. The summed E-state index contributed by atoms with van der Waals surface area (Å²) in [4.78, 5) is 33.5. The number of nitrogens with two attached hydrogens (primary N) is 1. The Morgan fingerprint density at radius 2 is 1.91 bits per heavy atom. The summed E-state index contributed by atoms with van der Waals surface area (Å²) in [7, 11) is 0. The van der Waals surface area contributed by atoms with Crippen LogP contribution in [-0.2, 0) is 22.6 Å². The molecule has 0 radical (unpaired) electrons. The highest BCUT2D eigenvalue weighted by Crippen LogP contribution is 2.33. The standard InChI is InChI=1S/C24H34N6O5/c1-3-5-14-35-24-26-22(25)21(30(32)33)23(27-24)29(17-20(31)34-4-2)16-19-10-8-18(9-11-19)15-28-12-6-7-13-28/h8-11H,3-7,12-17H2,1-2H3,(H2,25,26,27)/i6D2,7D2,12D2,13D2. The zero-order valence-corrected chi connectivity index (χ0v) is 19.6. The predicted octanol–water partition coefficient (Wildman–Crippen LogP) is 3.31. The van der Waals surface area contributed by atoms with Crippen LogP contribution in [0.4, 0.5) is 17.3 Å². The number of nitro groups is 1. The average Bonchev–Trinajstić information content (AvgIpc) is 2.97. The van der Waals surface area contributed by atoms with Crippen LogP contribution < -0.4 is 15.4 Å². The monoisotopic (exact) mass is 494 g/mol. The molecule has 3 rings (SSSR count). The van der Waals surface area contributed by atoms with Gasteiger partial charge in [0.05, 0.1) is 18.1 Å². The van der Waals surface area contributed by atoms with Crippen LogP contribution >= 0.6 is 0 Å². The molecule has 0 aliphatic carbocycles. The largest absolute Gasteiger partial charge is 0.465 e. The Balaban J connectivity index is 1.95. The van der Waals surface area contributed by atoms with E-state index in [-0.39, 0.29) is 31.6 Å². The van der Waals surface area contributed by atoms with Crippen molar-refractivity contribution in [2.75, 3.05) is 43.4 Å². The number of likely N-dealkylation sites (tertiary alicyclic amines) is 1. The van der Waals surface area contributed by atoms with Crippen molar-refractivity contribution in [3.8, 4) is 6.01 Å². The van der Waals surface area contributed by atoms with E-state index in [0.29, 0.717) is 22.4 Å². The molecule has 0 saturated carbocycles. The summed E-state index contributed by atoms with van der Waals surface area (Å²) in [5.41, 5.74) is 6.10. The summed E-state index contributed by atoms with van der Waals surface area (Å²) >= 11 is 0. The normalized spacial score (nSPS) is 22.7. The fourth-order valence-corrected chi connectivity index (χ4v) is 3.23. The van der Waals surface area contributed by atoms with Gasteiger partial charge in [-0.15, -0.1) is 0 Å². The maximum absolute atomic E-state index is 12.5. The molecule has 0 amide bonds. The second-order valence-electron chi connectivity index (χ2n) is 7.56. The molecular weight excluding hydrogens is 452 g/mol. The van der Waals surface area contributed by atoms with Gasteiger partial charge in [0, 0.05) is 24.1 Å². The summed E-state index contributed by atoms with van der Waals surface area (Å²) in [6.45, 7) is -3.11. The number of hydrogen-bond acceptors (Lipinski definition) is 10. The van der Waals surface area contributed by atoms with Gasteiger partial charge < -0.3 is 20.1 Å². The van der Waals surface area contributed by atoms with Gasteiger partial charge in [-0.25, -0.2) is 0 Å². The van der Waals surface area contributed by atoms with Crippen LogP contribution in [0.25, 0.3) is 0 Å². The highest BCUT2D eigenvalue weighted by molar-refractivity contribution is 5.78. The Bertz CT molecular complexity index is 1310. The number of benzene rings is 1. The first-order chi connectivity index (χ1) is 19.9. The number of ether oxygens (including phenoxy) is 2. The van der Waals surface area contributed by atoms with Gasteiger partial charge in [-0.05, 0) is 50.2 Å². The second kappa shape index (κ2) is 12.8. The summed E-state index contributed by atoms with van der Waals surface area (Å²) in [6.07, 6.45) is -4.81. The zero-order valence-electron chi connectivity index (χ0n) is 27.6. The number of nitrogen functional groups attached to an aromatic ring is 1. The van der Waals surface area contributed by atoms with Crippen LogP contribution in [0, 0.1) is 10.1 Å². The number of esters is 1. The lowest BCUT2D eigenvalue weighted by atomic mass is 10.1. The molecule has 0 spiro atoms. The molecular formula is C24H34N6O5. The molecule has 1 saturated heterocycles. The van der Waals surface area contributed by atoms with E-state index >= 15 is 0 Å². The molecule has 1 aromatic heterocycles. The van der Waals surface area contributed by atoms with Crippen molar-refractivity contribution in [2.24, 2.45) is 0 Å². The molecule has 1 aliphatic rings. The van der Waals surface area contributed by atoms with Crippen LogP contribution in [0.5, 0.6) is 6.01 Å². The lowest BCUT2D eigenvalue weighted by Crippen LogP contribution is -2.32. The summed E-state index contributed by atoms with van der Waals surface area (Å²) in [5.74, 6) is -1.43. The number of carbonyl (C=O) groups is 1. The topological polar surface area (TPSA) is 137 Å². The third kappa shape index (κ3) is 7.51. The van der Waals surface area contributed by atoms with E-state index in [4.69, 9.17) is 26.2 Å². The van der Waals surface area contributed by atoms with Crippen molar-refractivity contribution in [3.63, 3.8) is 0 Å². The number of nitrogens with zero attached hydrogens (tertiary/aromatic N) is 5. The molecule has 11 heteroatoms. The van der Waals surface area contributed by atoms with Crippen molar-refractivity contribution in [1.29, 1.82) is 0 Å². The molecule has 2 aromatic rings. The van der Waals surface area contributed by atoms with E-state index in [1.807, 2.05) is 6.92 Å². The van der Waals surface area contributed by atoms with Crippen LogP contribution in [0.15, 0.2) is 24.3 Å². The Hall–Kier alpha value is -3.47. The number of carbonyl (C=O) groups excluding carboxylic acids is 1. The van der Waals surface area contributed by atoms with E-state index in [9.17, 15) is 14.9 Å². The second-order valence-corrected chi connectivity index (χ2v) is 7.56. The van der Waals surface area contributed by atoms with Gasteiger partial charge in [-0.2, -0.15) is 9.97 Å². The highest BCUT2D eigenvalue weighted by atomic mass is 16.6. The van der Waals surface area contributed by atoms with Gasteiger partial charge in [-0.3, -0.25) is 19.8 Å². The molecule has 190 valence electrons. The van der Waals surface area contributed by atoms with E-state index in [2.05, 4.69) is 9.97 Å². The van der Waals surface area contributed by atoms with Crippen LogP contribution in [-0.4, -0.2) is 58.5 Å². The molecule has 0 bridgehead atoms. The fourth-order valence-electron chi connectivity index (χ4n) is 3.23. The third-order valence-corrected chi connectivity index (χ3v) is 4.89. The first-order valence-corrected chi connectivity index (χ1v) is 11.1. The van der Waals surface area contributed by atoms with Crippen molar-refractivity contribution in [1.82, 2.24) is 14.9 Å². The van der Waals surface area contributed by atoms with Crippen LogP contribution in [0.1, 0.15) is 61.5 Å². The predicted molar refractivity (Wildman–Crippen MR) is 132 cm³/mol. The van der Waals surface area contributed by atoms with Gasteiger partial charge in [0.15, 0.2) is 0 Å². The molecule has 35 heavy (non-hydrogen) atoms. The summed E-state index contributed by atoms with van der Waals surface area (Å²) in [5, 5.41) is 11.9. The number of hydrogen-bond donors (Lipinski definition) is 1. The zero-order chi connectivity index (χ0) is 32.4. The molecule has 0 unspecified atom stereocenters.